The summed E-state index contributed by atoms with van der Waals surface area (Å²) in [5.74, 6) is 0.295. The summed E-state index contributed by atoms with van der Waals surface area (Å²) in [6.45, 7) is 10.4. The second kappa shape index (κ2) is 14.6. The third-order valence-electron chi connectivity index (χ3n) is 5.49. The molecule has 0 aromatic heterocycles. The molecule has 0 saturated carbocycles. The minimum atomic E-state index is -0.681. The van der Waals surface area contributed by atoms with E-state index in [2.05, 4.69) is 36.3 Å². The van der Waals surface area contributed by atoms with Gasteiger partial charge in [-0.1, -0.05) is 50.9 Å². The van der Waals surface area contributed by atoms with Gasteiger partial charge in [0.1, 0.15) is 18.4 Å². The molecule has 180 valence electrons. The quantitative estimate of drug-likeness (QED) is 0.401. The Balaban J connectivity index is 2.01. The fourth-order valence-corrected chi connectivity index (χ4v) is 3.48. The lowest BCUT2D eigenvalue weighted by molar-refractivity contribution is -0.122. The van der Waals surface area contributed by atoms with Gasteiger partial charge in [-0.3, -0.25) is 9.59 Å². The van der Waals surface area contributed by atoms with Crippen LogP contribution >= 0.6 is 11.6 Å². The molecule has 0 aliphatic heterocycles. The van der Waals surface area contributed by atoms with Gasteiger partial charge in [-0.2, -0.15) is 0 Å². The maximum absolute atomic E-state index is 12.8. The van der Waals surface area contributed by atoms with Crippen LogP contribution in [0.2, 0.25) is 5.02 Å². The number of amides is 2. The zero-order chi connectivity index (χ0) is 24.1. The first-order valence-corrected chi connectivity index (χ1v) is 12.1. The Morgan fingerprint density at radius 1 is 1.00 bits per heavy atom. The van der Waals surface area contributed by atoms with Crippen LogP contribution in [0.5, 0.6) is 5.75 Å². The standard InChI is InChI=1S/C26H36ClN3O3/c1-4-7-16-28-26(32)24(29-25(31)21-10-12-22(27)13-11-21)19-20-8-14-23(15-9-20)33-18-17-30(5-2)6-3/h8-15,24H,4-7,16-19H2,1-3H3,(H,28,32)(H,29,31). The largest absolute Gasteiger partial charge is 0.492 e. The molecule has 0 saturated heterocycles. The van der Waals surface area contributed by atoms with Crippen molar-refractivity contribution in [3.8, 4) is 5.75 Å². The van der Waals surface area contributed by atoms with Gasteiger partial charge in [0.25, 0.3) is 5.91 Å². The normalized spacial score (nSPS) is 11.8. The van der Waals surface area contributed by atoms with Crippen LogP contribution in [0, 0.1) is 0 Å². The number of halogens is 1. The third kappa shape index (κ3) is 9.44. The highest BCUT2D eigenvalue weighted by Gasteiger charge is 2.22. The Labute approximate surface area is 202 Å². The molecule has 2 aromatic carbocycles. The average molecular weight is 474 g/mol. The van der Waals surface area contributed by atoms with Gasteiger partial charge in [-0.25, -0.2) is 0 Å². The number of ether oxygens (including phenoxy) is 1. The molecule has 0 radical (unpaired) electrons. The fraction of sp³-hybridized carbons (Fsp3) is 0.462. The SMILES string of the molecule is CCCCNC(=O)C(Cc1ccc(OCCN(CC)CC)cc1)NC(=O)c1ccc(Cl)cc1. The minimum absolute atomic E-state index is 0.190. The highest BCUT2D eigenvalue weighted by molar-refractivity contribution is 6.30. The second-order valence-corrected chi connectivity index (χ2v) is 8.34. The van der Waals surface area contributed by atoms with E-state index in [4.69, 9.17) is 16.3 Å². The van der Waals surface area contributed by atoms with Crippen molar-refractivity contribution in [1.29, 1.82) is 0 Å². The highest BCUT2D eigenvalue weighted by atomic mass is 35.5. The van der Waals surface area contributed by atoms with Gasteiger partial charge in [0, 0.05) is 30.1 Å². The first-order chi connectivity index (χ1) is 16.0. The first kappa shape index (κ1) is 26.7. The average Bonchev–Trinajstić information content (AvgIpc) is 2.83. The molecule has 0 aliphatic carbocycles. The molecule has 0 bridgehead atoms. The second-order valence-electron chi connectivity index (χ2n) is 7.90. The summed E-state index contributed by atoms with van der Waals surface area (Å²) in [5.41, 5.74) is 1.40. The molecule has 2 N–H and O–H groups in total. The Morgan fingerprint density at radius 2 is 1.67 bits per heavy atom. The monoisotopic (exact) mass is 473 g/mol. The van der Waals surface area contributed by atoms with E-state index in [-0.39, 0.29) is 11.8 Å². The molecule has 0 aliphatic rings. The fourth-order valence-electron chi connectivity index (χ4n) is 3.35. The molecule has 2 amide bonds. The van der Waals surface area contributed by atoms with Crippen molar-refractivity contribution in [2.24, 2.45) is 0 Å². The van der Waals surface area contributed by atoms with Crippen LogP contribution in [0.4, 0.5) is 0 Å². The summed E-state index contributed by atoms with van der Waals surface area (Å²) < 4.78 is 5.84. The van der Waals surface area contributed by atoms with Crippen molar-refractivity contribution in [3.63, 3.8) is 0 Å². The predicted octanol–water partition coefficient (Wildman–Crippen LogP) is 4.32. The van der Waals surface area contributed by atoms with Gasteiger partial charge in [0.15, 0.2) is 0 Å². The number of unbranched alkanes of at least 4 members (excludes halogenated alkanes) is 1. The van der Waals surface area contributed by atoms with Crippen LogP contribution in [0.15, 0.2) is 48.5 Å². The Hall–Kier alpha value is -2.57. The van der Waals surface area contributed by atoms with E-state index < -0.39 is 6.04 Å². The topological polar surface area (TPSA) is 70.7 Å². The molecule has 0 fully saturated rings. The zero-order valence-corrected chi connectivity index (χ0v) is 20.7. The number of likely N-dealkylation sites (N-methyl/N-ethyl adjacent to an activating group) is 1. The van der Waals surface area contributed by atoms with Crippen molar-refractivity contribution in [1.82, 2.24) is 15.5 Å². The number of hydrogen-bond acceptors (Lipinski definition) is 4. The third-order valence-corrected chi connectivity index (χ3v) is 5.74. The molecule has 2 rings (SSSR count). The van der Waals surface area contributed by atoms with Crippen molar-refractivity contribution in [2.45, 2.75) is 46.1 Å². The van der Waals surface area contributed by atoms with E-state index in [9.17, 15) is 9.59 Å². The number of carbonyl (C=O) groups is 2. The summed E-state index contributed by atoms with van der Waals surface area (Å²) in [6, 6.07) is 13.6. The van der Waals surface area contributed by atoms with E-state index >= 15 is 0 Å². The van der Waals surface area contributed by atoms with E-state index in [1.54, 1.807) is 24.3 Å². The van der Waals surface area contributed by atoms with Gasteiger partial charge < -0.3 is 20.3 Å². The molecule has 2 aromatic rings. The van der Waals surface area contributed by atoms with E-state index in [1.165, 1.54) is 0 Å². The molecule has 33 heavy (non-hydrogen) atoms. The van der Waals surface area contributed by atoms with Crippen LogP contribution in [-0.2, 0) is 11.2 Å². The van der Waals surface area contributed by atoms with Gasteiger partial charge in [0.2, 0.25) is 5.91 Å². The van der Waals surface area contributed by atoms with Crippen LogP contribution < -0.4 is 15.4 Å². The Kier molecular flexibility index (Phi) is 11.8. The van der Waals surface area contributed by atoms with Crippen molar-refractivity contribution in [3.05, 3.63) is 64.7 Å². The Bertz CT molecular complexity index is 852. The number of nitrogens with one attached hydrogen (secondary N) is 2. The maximum atomic E-state index is 12.8. The summed E-state index contributed by atoms with van der Waals surface area (Å²) >= 11 is 5.92. The zero-order valence-electron chi connectivity index (χ0n) is 19.9. The minimum Gasteiger partial charge on any atom is -0.492 e. The Morgan fingerprint density at radius 3 is 2.27 bits per heavy atom. The van der Waals surface area contributed by atoms with E-state index in [0.717, 1.165) is 43.8 Å². The lowest BCUT2D eigenvalue weighted by atomic mass is 10.0. The molecule has 1 atom stereocenters. The van der Waals surface area contributed by atoms with Gasteiger partial charge >= 0.3 is 0 Å². The predicted molar refractivity (Wildman–Crippen MR) is 134 cm³/mol. The summed E-state index contributed by atoms with van der Waals surface area (Å²) in [5, 5.41) is 6.35. The molecular formula is C26H36ClN3O3. The van der Waals surface area contributed by atoms with Crippen molar-refractivity contribution < 1.29 is 14.3 Å². The molecule has 7 heteroatoms. The number of hydrogen-bond donors (Lipinski definition) is 2. The number of rotatable bonds is 14. The first-order valence-electron chi connectivity index (χ1n) is 11.7. The summed E-state index contributed by atoms with van der Waals surface area (Å²) in [7, 11) is 0. The number of carbonyl (C=O) groups excluding carboxylic acids is 2. The lowest BCUT2D eigenvalue weighted by Crippen LogP contribution is -2.48. The molecule has 0 spiro atoms. The number of nitrogens with zero attached hydrogens (tertiary/aromatic N) is 1. The lowest BCUT2D eigenvalue weighted by Gasteiger charge is -2.19. The molecule has 6 nitrogen and oxygen atoms in total. The van der Waals surface area contributed by atoms with E-state index in [1.807, 2.05) is 24.3 Å². The molecular weight excluding hydrogens is 438 g/mol. The van der Waals surface area contributed by atoms with Gasteiger partial charge in [-0.15, -0.1) is 0 Å². The molecule has 1 unspecified atom stereocenters. The highest BCUT2D eigenvalue weighted by Crippen LogP contribution is 2.15. The summed E-state index contributed by atoms with van der Waals surface area (Å²) in [6.07, 6.45) is 2.26. The van der Waals surface area contributed by atoms with Crippen LogP contribution in [-0.4, -0.2) is 55.5 Å². The maximum Gasteiger partial charge on any atom is 0.251 e. The number of benzene rings is 2. The van der Waals surface area contributed by atoms with Crippen molar-refractivity contribution >= 4 is 23.4 Å². The van der Waals surface area contributed by atoms with Crippen LogP contribution in [0.25, 0.3) is 0 Å². The van der Waals surface area contributed by atoms with Crippen LogP contribution in [0.3, 0.4) is 0 Å². The molecule has 0 heterocycles. The van der Waals surface area contributed by atoms with Gasteiger partial charge in [0.05, 0.1) is 0 Å². The smallest absolute Gasteiger partial charge is 0.251 e. The van der Waals surface area contributed by atoms with Gasteiger partial charge in [-0.05, 0) is 61.5 Å². The van der Waals surface area contributed by atoms with Crippen LogP contribution in [0.1, 0.15) is 49.5 Å². The van der Waals surface area contributed by atoms with E-state index in [0.29, 0.717) is 30.2 Å². The summed E-state index contributed by atoms with van der Waals surface area (Å²) in [4.78, 5) is 27.8. The van der Waals surface area contributed by atoms with Crippen molar-refractivity contribution in [2.75, 3.05) is 32.8 Å².